The molecule has 2 heterocycles. The van der Waals surface area contributed by atoms with Gasteiger partial charge >= 0.3 is 0 Å². The first-order chi connectivity index (χ1) is 13.0. The summed E-state index contributed by atoms with van der Waals surface area (Å²) >= 11 is 5.64. The molecule has 1 fully saturated rings. The minimum Gasteiger partial charge on any atom is -0.383 e. The van der Waals surface area contributed by atoms with Crippen molar-refractivity contribution in [2.24, 2.45) is 0 Å². The van der Waals surface area contributed by atoms with Crippen molar-refractivity contribution >= 4 is 34.1 Å². The second-order valence-corrected chi connectivity index (χ2v) is 6.93. The van der Waals surface area contributed by atoms with Gasteiger partial charge in [-0.1, -0.05) is 50.2 Å². The van der Waals surface area contributed by atoms with Gasteiger partial charge in [-0.2, -0.15) is 5.10 Å². The highest BCUT2D eigenvalue weighted by Gasteiger charge is 2.28. The van der Waals surface area contributed by atoms with Crippen LogP contribution in [0.15, 0.2) is 42.3 Å². The summed E-state index contributed by atoms with van der Waals surface area (Å²) in [6.45, 7) is 7.76. The summed E-state index contributed by atoms with van der Waals surface area (Å²) in [5.74, 6) is 0.545. The number of hydrogen-bond donors (Lipinski definition) is 2. The van der Waals surface area contributed by atoms with Crippen molar-refractivity contribution in [1.82, 2.24) is 19.7 Å². The molecule has 142 valence electrons. The van der Waals surface area contributed by atoms with Gasteiger partial charge in [0.2, 0.25) is 0 Å². The lowest BCUT2D eigenvalue weighted by molar-refractivity contribution is 0.646. The molecule has 1 aliphatic carbocycles. The summed E-state index contributed by atoms with van der Waals surface area (Å²) in [6, 6.07) is 8.58. The van der Waals surface area contributed by atoms with E-state index in [2.05, 4.69) is 46.9 Å². The maximum atomic E-state index is 5.86. The molecule has 3 N–H and O–H groups in total. The molecule has 4 rings (SSSR count). The van der Waals surface area contributed by atoms with Crippen molar-refractivity contribution in [3.05, 3.63) is 53.6 Å². The molecule has 0 atom stereocenters. The lowest BCUT2D eigenvalue weighted by Crippen LogP contribution is -1.98. The smallest absolute Gasteiger partial charge is 0.163 e. The number of benzene rings is 1. The summed E-state index contributed by atoms with van der Waals surface area (Å²) in [5, 5.41) is 8.95. The first-order valence-corrected chi connectivity index (χ1v) is 9.59. The highest BCUT2D eigenvalue weighted by molar-refractivity contribution is 6.30. The van der Waals surface area contributed by atoms with Gasteiger partial charge in [0.25, 0.3) is 0 Å². The standard InChI is InChI=1S/C10H12ClN.C10H13N5/c1-3-9-6-4-5-7-10(9)12-8(2)11;1-2-7-8-9(11)12-5-13-10(8)15(14-7)6-3-4-6/h4-7,12H,2-3H2,1H3;5-6H,2-4H2,1H3,(H2,11,12,13). The highest BCUT2D eigenvalue weighted by Crippen LogP contribution is 2.37. The molecule has 3 aromatic rings. The van der Waals surface area contributed by atoms with E-state index in [0.29, 0.717) is 17.0 Å². The van der Waals surface area contributed by atoms with Crippen molar-refractivity contribution in [3.8, 4) is 0 Å². The van der Waals surface area contributed by atoms with Gasteiger partial charge < -0.3 is 11.1 Å². The van der Waals surface area contributed by atoms with Crippen LogP contribution in [0.3, 0.4) is 0 Å². The van der Waals surface area contributed by atoms with Crippen LogP contribution in [0.5, 0.6) is 0 Å². The Hall–Kier alpha value is -2.60. The molecule has 1 aromatic carbocycles. The van der Waals surface area contributed by atoms with Crippen molar-refractivity contribution < 1.29 is 0 Å². The molecule has 0 spiro atoms. The zero-order valence-electron chi connectivity index (χ0n) is 15.7. The van der Waals surface area contributed by atoms with Gasteiger partial charge in [-0.3, -0.25) is 0 Å². The molecular weight excluding hydrogens is 360 g/mol. The molecule has 27 heavy (non-hydrogen) atoms. The molecule has 0 radical (unpaired) electrons. The van der Waals surface area contributed by atoms with E-state index in [4.69, 9.17) is 17.3 Å². The number of halogens is 1. The molecule has 6 nitrogen and oxygen atoms in total. The second-order valence-electron chi connectivity index (χ2n) is 6.47. The van der Waals surface area contributed by atoms with Crippen LogP contribution in [0.1, 0.15) is 44.0 Å². The Morgan fingerprint density at radius 2 is 2.00 bits per heavy atom. The number of hydrogen-bond acceptors (Lipinski definition) is 5. The molecule has 0 amide bonds. The predicted molar refractivity (Wildman–Crippen MR) is 112 cm³/mol. The number of anilines is 2. The van der Waals surface area contributed by atoms with E-state index in [0.717, 1.165) is 35.3 Å². The van der Waals surface area contributed by atoms with E-state index in [1.807, 2.05) is 22.9 Å². The molecule has 1 saturated carbocycles. The lowest BCUT2D eigenvalue weighted by Gasteiger charge is -2.08. The van der Waals surface area contributed by atoms with Crippen LogP contribution in [-0.4, -0.2) is 19.7 Å². The number of nitrogens with zero attached hydrogens (tertiary/aromatic N) is 4. The van der Waals surface area contributed by atoms with Crippen LogP contribution in [0.25, 0.3) is 11.0 Å². The molecule has 0 aliphatic heterocycles. The van der Waals surface area contributed by atoms with Gasteiger partial charge in [-0.25, -0.2) is 14.6 Å². The predicted octanol–water partition coefficient (Wildman–Crippen LogP) is 4.68. The van der Waals surface area contributed by atoms with Crippen LogP contribution in [0, 0.1) is 0 Å². The second kappa shape index (κ2) is 8.39. The molecule has 2 aromatic heterocycles. The maximum Gasteiger partial charge on any atom is 0.163 e. The zero-order chi connectivity index (χ0) is 19.4. The molecular formula is C20H25ClN6. The number of para-hydroxylation sites is 1. The van der Waals surface area contributed by atoms with E-state index in [9.17, 15) is 0 Å². The fourth-order valence-corrected chi connectivity index (χ4v) is 3.09. The number of rotatable bonds is 5. The third-order valence-corrected chi connectivity index (χ3v) is 4.58. The van der Waals surface area contributed by atoms with E-state index in [-0.39, 0.29) is 0 Å². The molecule has 0 unspecified atom stereocenters. The van der Waals surface area contributed by atoms with Crippen molar-refractivity contribution in [1.29, 1.82) is 0 Å². The van der Waals surface area contributed by atoms with Crippen molar-refractivity contribution in [2.75, 3.05) is 11.1 Å². The van der Waals surface area contributed by atoms with Gasteiger partial charge in [-0.15, -0.1) is 0 Å². The fourth-order valence-electron chi connectivity index (χ4n) is 2.99. The normalized spacial score (nSPS) is 13.1. The van der Waals surface area contributed by atoms with E-state index in [1.165, 1.54) is 24.7 Å². The minimum atomic E-state index is 0.455. The molecule has 0 saturated heterocycles. The van der Waals surface area contributed by atoms with Crippen LogP contribution < -0.4 is 11.1 Å². The van der Waals surface area contributed by atoms with Crippen LogP contribution in [0.4, 0.5) is 11.5 Å². The number of aryl methyl sites for hydroxylation is 2. The minimum absolute atomic E-state index is 0.455. The largest absolute Gasteiger partial charge is 0.383 e. The Balaban J connectivity index is 0.000000161. The Morgan fingerprint density at radius 1 is 1.26 bits per heavy atom. The van der Waals surface area contributed by atoms with Crippen LogP contribution >= 0.6 is 11.6 Å². The van der Waals surface area contributed by atoms with Gasteiger partial charge in [0.05, 0.1) is 22.3 Å². The average molecular weight is 385 g/mol. The lowest BCUT2D eigenvalue weighted by atomic mass is 10.1. The summed E-state index contributed by atoms with van der Waals surface area (Å²) in [7, 11) is 0. The highest BCUT2D eigenvalue weighted by atomic mass is 35.5. The summed E-state index contributed by atoms with van der Waals surface area (Å²) in [6.07, 6.45) is 5.77. The molecule has 7 heteroatoms. The van der Waals surface area contributed by atoms with Gasteiger partial charge in [0, 0.05) is 5.69 Å². The number of nitrogen functional groups attached to an aromatic ring is 1. The Morgan fingerprint density at radius 3 is 2.63 bits per heavy atom. The quantitative estimate of drug-likeness (QED) is 0.624. The number of aromatic nitrogens is 4. The van der Waals surface area contributed by atoms with Crippen molar-refractivity contribution in [3.63, 3.8) is 0 Å². The Labute approximate surface area is 164 Å². The van der Waals surface area contributed by atoms with E-state index in [1.54, 1.807) is 0 Å². The molecule has 1 aliphatic rings. The van der Waals surface area contributed by atoms with Gasteiger partial charge in [0.1, 0.15) is 12.1 Å². The maximum absolute atomic E-state index is 5.86. The number of nitrogens with two attached hydrogens (primary N) is 1. The van der Waals surface area contributed by atoms with Gasteiger partial charge in [0.15, 0.2) is 5.65 Å². The fraction of sp³-hybridized carbons (Fsp3) is 0.350. The third-order valence-electron chi connectivity index (χ3n) is 4.49. The van der Waals surface area contributed by atoms with Crippen LogP contribution in [-0.2, 0) is 12.8 Å². The zero-order valence-corrected chi connectivity index (χ0v) is 16.5. The van der Waals surface area contributed by atoms with E-state index >= 15 is 0 Å². The summed E-state index contributed by atoms with van der Waals surface area (Å²) < 4.78 is 2.01. The molecule has 0 bridgehead atoms. The first kappa shape index (κ1) is 19.2. The van der Waals surface area contributed by atoms with Crippen molar-refractivity contribution in [2.45, 2.75) is 45.6 Å². The summed E-state index contributed by atoms with van der Waals surface area (Å²) in [5.41, 5.74) is 10.1. The van der Waals surface area contributed by atoms with Crippen LogP contribution in [0.2, 0.25) is 0 Å². The Kier molecular flexibility index (Phi) is 5.96. The summed E-state index contributed by atoms with van der Waals surface area (Å²) in [4.78, 5) is 8.30. The monoisotopic (exact) mass is 384 g/mol. The first-order valence-electron chi connectivity index (χ1n) is 9.22. The number of fused-ring (bicyclic) bond motifs is 1. The SMILES string of the molecule is C=C(Cl)Nc1ccccc1CC.CCc1nn(C2CC2)c2ncnc(N)c12. The van der Waals surface area contributed by atoms with Gasteiger partial charge in [-0.05, 0) is 37.3 Å². The Bertz CT molecular complexity index is 945. The number of nitrogens with one attached hydrogen (secondary N) is 1. The average Bonchev–Trinajstić information content (AvgIpc) is 3.43. The topological polar surface area (TPSA) is 81.7 Å². The third kappa shape index (κ3) is 4.39. The van der Waals surface area contributed by atoms with E-state index < -0.39 is 0 Å².